The molecule has 4 aromatic rings. The third kappa shape index (κ3) is 4.37. The molecule has 0 saturated heterocycles. The topological polar surface area (TPSA) is 72.6 Å². The van der Waals surface area contributed by atoms with Gasteiger partial charge in [-0.05, 0) is 75.4 Å². The average Bonchev–Trinajstić information content (AvgIpc) is 3.16. The molecular formula is C23H22FN5O2. The molecular weight excluding hydrogens is 397 g/mol. The number of hydrogen-bond acceptors (Lipinski definition) is 5. The zero-order valence-electron chi connectivity index (χ0n) is 17.5. The van der Waals surface area contributed by atoms with Crippen LogP contribution in [0.15, 0.2) is 54.6 Å². The van der Waals surface area contributed by atoms with E-state index in [4.69, 9.17) is 4.74 Å². The van der Waals surface area contributed by atoms with Gasteiger partial charge in [-0.2, -0.15) is 4.98 Å². The summed E-state index contributed by atoms with van der Waals surface area (Å²) in [4.78, 5) is 23.8. The van der Waals surface area contributed by atoms with Gasteiger partial charge in [0.15, 0.2) is 5.82 Å². The van der Waals surface area contributed by atoms with Crippen molar-refractivity contribution in [2.24, 2.45) is 0 Å². The van der Waals surface area contributed by atoms with Gasteiger partial charge < -0.3 is 9.64 Å². The molecule has 8 heteroatoms. The van der Waals surface area contributed by atoms with Gasteiger partial charge >= 0.3 is 0 Å². The lowest BCUT2D eigenvalue weighted by Gasteiger charge is -2.22. The number of carbonyl (C=O) groups is 1. The van der Waals surface area contributed by atoms with Crippen molar-refractivity contribution < 1.29 is 13.9 Å². The van der Waals surface area contributed by atoms with Crippen molar-refractivity contribution in [2.75, 3.05) is 11.5 Å². The minimum absolute atomic E-state index is 0.131. The molecule has 2 aromatic carbocycles. The normalized spacial score (nSPS) is 11.0. The van der Waals surface area contributed by atoms with Gasteiger partial charge in [0.05, 0.1) is 13.2 Å². The predicted octanol–water partition coefficient (Wildman–Crippen LogP) is 4.13. The van der Waals surface area contributed by atoms with Crippen LogP contribution in [-0.2, 0) is 6.54 Å². The number of anilines is 1. The SMILES string of the molecule is CCOc1ccc(N(Cc2nc3nc(C)cc(C)n3n2)C(=O)c2ccc(F)cc2)cc1. The summed E-state index contributed by atoms with van der Waals surface area (Å²) in [6.45, 7) is 6.41. The van der Waals surface area contributed by atoms with Gasteiger partial charge in [0, 0.05) is 22.6 Å². The minimum atomic E-state index is -0.400. The molecule has 0 aliphatic heterocycles. The Morgan fingerprint density at radius 3 is 2.45 bits per heavy atom. The van der Waals surface area contributed by atoms with E-state index < -0.39 is 5.82 Å². The number of amides is 1. The van der Waals surface area contributed by atoms with Crippen LogP contribution in [0.25, 0.3) is 5.78 Å². The molecule has 0 atom stereocenters. The van der Waals surface area contributed by atoms with Crippen LogP contribution >= 0.6 is 0 Å². The third-order valence-corrected chi connectivity index (χ3v) is 4.76. The number of benzene rings is 2. The molecule has 4 rings (SSSR count). The van der Waals surface area contributed by atoms with E-state index in [0.29, 0.717) is 35.2 Å². The Labute approximate surface area is 179 Å². The van der Waals surface area contributed by atoms with E-state index in [0.717, 1.165) is 11.4 Å². The molecule has 158 valence electrons. The number of nitrogens with zero attached hydrogens (tertiary/aromatic N) is 5. The molecule has 0 saturated carbocycles. The highest BCUT2D eigenvalue weighted by Crippen LogP contribution is 2.23. The highest BCUT2D eigenvalue weighted by Gasteiger charge is 2.21. The summed E-state index contributed by atoms with van der Waals surface area (Å²) in [6, 6.07) is 14.6. The summed E-state index contributed by atoms with van der Waals surface area (Å²) in [5.74, 6) is 0.951. The zero-order chi connectivity index (χ0) is 22.0. The molecule has 0 N–H and O–H groups in total. The number of halogens is 1. The highest BCUT2D eigenvalue weighted by molar-refractivity contribution is 6.05. The van der Waals surface area contributed by atoms with Crippen molar-refractivity contribution in [2.45, 2.75) is 27.3 Å². The van der Waals surface area contributed by atoms with Gasteiger partial charge in [-0.15, -0.1) is 5.10 Å². The van der Waals surface area contributed by atoms with Crippen LogP contribution in [0.2, 0.25) is 0 Å². The van der Waals surface area contributed by atoms with Crippen LogP contribution in [0.5, 0.6) is 5.75 Å². The first kappa shape index (κ1) is 20.5. The van der Waals surface area contributed by atoms with E-state index in [1.165, 1.54) is 24.3 Å². The van der Waals surface area contributed by atoms with Gasteiger partial charge in [0.2, 0.25) is 0 Å². The molecule has 0 spiro atoms. The van der Waals surface area contributed by atoms with Crippen LogP contribution in [0.4, 0.5) is 10.1 Å². The first-order valence-corrected chi connectivity index (χ1v) is 9.95. The van der Waals surface area contributed by atoms with Crippen LogP contribution in [0, 0.1) is 19.7 Å². The maximum absolute atomic E-state index is 13.4. The van der Waals surface area contributed by atoms with E-state index in [1.54, 1.807) is 33.7 Å². The fourth-order valence-corrected chi connectivity index (χ4v) is 3.33. The van der Waals surface area contributed by atoms with Crippen molar-refractivity contribution >= 4 is 17.4 Å². The monoisotopic (exact) mass is 419 g/mol. The predicted molar refractivity (Wildman–Crippen MR) is 115 cm³/mol. The Hall–Kier alpha value is -3.81. The van der Waals surface area contributed by atoms with Gasteiger partial charge in [0.25, 0.3) is 11.7 Å². The van der Waals surface area contributed by atoms with E-state index in [9.17, 15) is 9.18 Å². The highest BCUT2D eigenvalue weighted by atomic mass is 19.1. The summed E-state index contributed by atoms with van der Waals surface area (Å²) < 4.78 is 20.5. The largest absolute Gasteiger partial charge is 0.494 e. The molecule has 7 nitrogen and oxygen atoms in total. The molecule has 0 fully saturated rings. The van der Waals surface area contributed by atoms with Crippen LogP contribution in [-0.4, -0.2) is 32.1 Å². The van der Waals surface area contributed by atoms with E-state index in [2.05, 4.69) is 15.1 Å². The van der Waals surface area contributed by atoms with E-state index in [-0.39, 0.29) is 12.5 Å². The standard InChI is InChI=1S/C23H22FN5O2/c1-4-31-20-11-9-19(10-12-20)28(22(30)17-5-7-18(24)8-6-17)14-21-26-23-25-15(2)13-16(3)29(23)27-21/h5-13H,4,14H2,1-3H3. The summed E-state index contributed by atoms with van der Waals surface area (Å²) in [5.41, 5.74) is 2.76. The second kappa shape index (κ2) is 8.51. The van der Waals surface area contributed by atoms with Gasteiger partial charge in [-0.25, -0.2) is 13.9 Å². The Morgan fingerprint density at radius 2 is 1.77 bits per heavy atom. The summed E-state index contributed by atoms with van der Waals surface area (Å²) in [7, 11) is 0. The second-order valence-corrected chi connectivity index (χ2v) is 7.10. The van der Waals surface area contributed by atoms with Crippen molar-refractivity contribution in [3.05, 3.63) is 83.2 Å². The van der Waals surface area contributed by atoms with Crippen LogP contribution in [0.1, 0.15) is 34.5 Å². The molecule has 0 aliphatic rings. The maximum atomic E-state index is 13.4. The molecule has 0 aliphatic carbocycles. The Balaban J connectivity index is 1.71. The van der Waals surface area contributed by atoms with Gasteiger partial charge in [-0.1, -0.05) is 0 Å². The lowest BCUT2D eigenvalue weighted by molar-refractivity contribution is 0.0984. The first-order valence-electron chi connectivity index (χ1n) is 9.95. The van der Waals surface area contributed by atoms with Gasteiger partial charge in [0.1, 0.15) is 11.6 Å². The van der Waals surface area contributed by atoms with Crippen LogP contribution < -0.4 is 9.64 Å². The number of rotatable bonds is 6. The lowest BCUT2D eigenvalue weighted by Crippen LogP contribution is -2.31. The molecule has 31 heavy (non-hydrogen) atoms. The molecule has 2 heterocycles. The van der Waals surface area contributed by atoms with Crippen molar-refractivity contribution in [3.8, 4) is 5.75 Å². The summed E-state index contributed by atoms with van der Waals surface area (Å²) in [5, 5.41) is 4.52. The molecule has 0 bridgehead atoms. The Bertz CT molecular complexity index is 1220. The van der Waals surface area contributed by atoms with Crippen molar-refractivity contribution in [1.29, 1.82) is 0 Å². The number of ether oxygens (including phenoxy) is 1. The third-order valence-electron chi connectivity index (χ3n) is 4.76. The zero-order valence-corrected chi connectivity index (χ0v) is 17.5. The quantitative estimate of drug-likeness (QED) is 0.470. The number of hydrogen-bond donors (Lipinski definition) is 0. The number of aromatic nitrogens is 4. The van der Waals surface area contributed by atoms with E-state index >= 15 is 0 Å². The molecule has 0 radical (unpaired) electrons. The maximum Gasteiger partial charge on any atom is 0.258 e. The van der Waals surface area contributed by atoms with Gasteiger partial charge in [-0.3, -0.25) is 4.79 Å². The number of carbonyl (C=O) groups excluding carboxylic acids is 1. The first-order chi connectivity index (χ1) is 14.9. The fourth-order valence-electron chi connectivity index (χ4n) is 3.33. The minimum Gasteiger partial charge on any atom is -0.494 e. The molecule has 1 amide bonds. The number of fused-ring (bicyclic) bond motifs is 1. The lowest BCUT2D eigenvalue weighted by atomic mass is 10.1. The van der Waals surface area contributed by atoms with Crippen molar-refractivity contribution in [3.63, 3.8) is 0 Å². The fraction of sp³-hybridized carbons (Fsp3) is 0.217. The number of aryl methyl sites for hydroxylation is 2. The second-order valence-electron chi connectivity index (χ2n) is 7.10. The summed E-state index contributed by atoms with van der Waals surface area (Å²) >= 11 is 0. The molecule has 2 aromatic heterocycles. The summed E-state index contributed by atoms with van der Waals surface area (Å²) in [6.07, 6.45) is 0. The van der Waals surface area contributed by atoms with E-state index in [1.807, 2.05) is 26.8 Å². The molecule has 0 unspecified atom stereocenters. The Kier molecular flexibility index (Phi) is 5.62. The van der Waals surface area contributed by atoms with Crippen molar-refractivity contribution in [1.82, 2.24) is 19.6 Å². The van der Waals surface area contributed by atoms with Crippen LogP contribution in [0.3, 0.4) is 0 Å². The Morgan fingerprint density at radius 1 is 1.06 bits per heavy atom. The average molecular weight is 419 g/mol. The smallest absolute Gasteiger partial charge is 0.258 e.